The number of carbonyl (C=O) groups is 1. The third-order valence-electron chi connectivity index (χ3n) is 4.23. The van der Waals surface area contributed by atoms with Crippen molar-refractivity contribution in [3.05, 3.63) is 40.4 Å². The van der Waals surface area contributed by atoms with Crippen molar-refractivity contribution in [1.29, 1.82) is 0 Å². The lowest BCUT2D eigenvalue weighted by Gasteiger charge is -2.26. The number of para-hydroxylation sites is 1. The van der Waals surface area contributed by atoms with Crippen molar-refractivity contribution in [3.8, 4) is 0 Å². The van der Waals surface area contributed by atoms with Crippen molar-refractivity contribution in [2.24, 2.45) is 5.92 Å². The number of rotatable bonds is 5. The molecule has 1 unspecified atom stereocenters. The minimum Gasteiger partial charge on any atom is -0.341 e. The molecule has 0 aliphatic rings. The first kappa shape index (κ1) is 17.2. The van der Waals surface area contributed by atoms with Gasteiger partial charge in [0.25, 0.3) is 5.56 Å². The van der Waals surface area contributed by atoms with Crippen molar-refractivity contribution in [3.63, 3.8) is 0 Å². The first-order chi connectivity index (χ1) is 10.8. The molecule has 0 saturated heterocycles. The van der Waals surface area contributed by atoms with Crippen LogP contribution in [0.3, 0.4) is 0 Å². The fourth-order valence-corrected chi connectivity index (χ4v) is 2.79. The highest BCUT2D eigenvalue weighted by molar-refractivity contribution is 5.81. The lowest BCUT2D eigenvalue weighted by molar-refractivity contribution is -0.132. The van der Waals surface area contributed by atoms with Crippen LogP contribution in [0.2, 0.25) is 0 Å². The Balaban J connectivity index is 2.23. The maximum Gasteiger partial charge on any atom is 0.261 e. The van der Waals surface area contributed by atoms with E-state index in [1.807, 2.05) is 26.0 Å². The Labute approximate surface area is 136 Å². The lowest BCUT2D eigenvalue weighted by Crippen LogP contribution is -2.39. The first-order valence-corrected chi connectivity index (χ1v) is 8.01. The number of nitrogens with zero attached hydrogens (tertiary/aromatic N) is 3. The number of hydrogen-bond acceptors (Lipinski definition) is 3. The maximum atomic E-state index is 12.5. The largest absolute Gasteiger partial charge is 0.341 e. The molecular formula is C18H25N3O2. The molecule has 0 N–H and O–H groups in total. The molecule has 124 valence electrons. The van der Waals surface area contributed by atoms with Crippen LogP contribution in [0.5, 0.6) is 0 Å². The molecule has 1 heterocycles. The van der Waals surface area contributed by atoms with Crippen LogP contribution in [0.4, 0.5) is 0 Å². The van der Waals surface area contributed by atoms with E-state index < -0.39 is 0 Å². The highest BCUT2D eigenvalue weighted by Gasteiger charge is 2.18. The Kier molecular flexibility index (Phi) is 5.19. The molecule has 0 radical (unpaired) electrons. The third kappa shape index (κ3) is 3.78. The average molecular weight is 315 g/mol. The lowest BCUT2D eigenvalue weighted by atomic mass is 10.0. The summed E-state index contributed by atoms with van der Waals surface area (Å²) in [6, 6.07) is 5.66. The van der Waals surface area contributed by atoms with Gasteiger partial charge in [0, 0.05) is 13.1 Å². The van der Waals surface area contributed by atoms with Gasteiger partial charge in [-0.15, -0.1) is 0 Å². The van der Waals surface area contributed by atoms with Crippen molar-refractivity contribution in [2.75, 3.05) is 7.05 Å². The standard InChI is InChI=1S/C18H25N3O2/c1-12(2)9-14(4)20(5)16(22)10-21-11-19-17-13(3)7-6-8-15(17)18(21)23/h6-8,11-12,14H,9-10H2,1-5H3. The summed E-state index contributed by atoms with van der Waals surface area (Å²) >= 11 is 0. The number of carbonyl (C=O) groups excluding carboxylic acids is 1. The molecular weight excluding hydrogens is 290 g/mol. The Morgan fingerprint density at radius 3 is 2.65 bits per heavy atom. The summed E-state index contributed by atoms with van der Waals surface area (Å²) in [4.78, 5) is 31.0. The molecule has 1 amide bonds. The highest BCUT2D eigenvalue weighted by atomic mass is 16.2. The quantitative estimate of drug-likeness (QED) is 0.852. The second-order valence-electron chi connectivity index (χ2n) is 6.63. The van der Waals surface area contributed by atoms with Gasteiger partial charge in [-0.1, -0.05) is 26.0 Å². The summed E-state index contributed by atoms with van der Waals surface area (Å²) in [7, 11) is 1.79. The van der Waals surface area contributed by atoms with E-state index in [9.17, 15) is 9.59 Å². The molecule has 0 fully saturated rings. The number of hydrogen-bond donors (Lipinski definition) is 0. The third-order valence-corrected chi connectivity index (χ3v) is 4.23. The van der Waals surface area contributed by atoms with Crippen LogP contribution in [0.1, 0.15) is 32.8 Å². The maximum absolute atomic E-state index is 12.5. The van der Waals surface area contributed by atoms with E-state index in [0.717, 1.165) is 12.0 Å². The average Bonchev–Trinajstić information content (AvgIpc) is 2.49. The Bertz CT molecular complexity index is 764. The summed E-state index contributed by atoms with van der Waals surface area (Å²) in [6.07, 6.45) is 2.41. The van der Waals surface area contributed by atoms with E-state index in [-0.39, 0.29) is 24.1 Å². The van der Waals surface area contributed by atoms with Gasteiger partial charge in [-0.25, -0.2) is 4.98 Å². The molecule has 1 aromatic carbocycles. The zero-order valence-corrected chi connectivity index (χ0v) is 14.5. The topological polar surface area (TPSA) is 55.2 Å². The zero-order valence-electron chi connectivity index (χ0n) is 14.5. The van der Waals surface area contributed by atoms with Crippen LogP contribution >= 0.6 is 0 Å². The number of likely N-dealkylation sites (N-methyl/N-ethyl adjacent to an activating group) is 1. The summed E-state index contributed by atoms with van der Waals surface area (Å²) in [5.41, 5.74) is 1.49. The van der Waals surface area contributed by atoms with Crippen molar-refractivity contribution in [1.82, 2.24) is 14.5 Å². The second kappa shape index (κ2) is 6.94. The van der Waals surface area contributed by atoms with Gasteiger partial charge in [-0.2, -0.15) is 0 Å². The zero-order chi connectivity index (χ0) is 17.1. The van der Waals surface area contributed by atoms with Crippen LogP contribution < -0.4 is 5.56 Å². The second-order valence-corrected chi connectivity index (χ2v) is 6.63. The van der Waals surface area contributed by atoms with Gasteiger partial charge >= 0.3 is 0 Å². The summed E-state index contributed by atoms with van der Waals surface area (Å²) < 4.78 is 1.39. The van der Waals surface area contributed by atoms with Gasteiger partial charge in [0.05, 0.1) is 17.2 Å². The monoisotopic (exact) mass is 315 g/mol. The molecule has 5 nitrogen and oxygen atoms in total. The Morgan fingerprint density at radius 2 is 2.00 bits per heavy atom. The van der Waals surface area contributed by atoms with Crippen LogP contribution in [0.25, 0.3) is 10.9 Å². The van der Waals surface area contributed by atoms with Gasteiger partial charge in [0.1, 0.15) is 6.54 Å². The molecule has 0 aliphatic carbocycles. The fourth-order valence-electron chi connectivity index (χ4n) is 2.79. The van der Waals surface area contributed by atoms with Gasteiger partial charge in [0.15, 0.2) is 0 Å². The highest BCUT2D eigenvalue weighted by Crippen LogP contribution is 2.12. The smallest absolute Gasteiger partial charge is 0.261 e. The van der Waals surface area contributed by atoms with E-state index >= 15 is 0 Å². The van der Waals surface area contributed by atoms with E-state index in [1.54, 1.807) is 18.0 Å². The molecule has 0 spiro atoms. The van der Waals surface area contributed by atoms with Crippen LogP contribution in [0, 0.1) is 12.8 Å². The number of fused-ring (bicyclic) bond motifs is 1. The predicted octanol–water partition coefficient (Wildman–Crippen LogP) is 2.60. The molecule has 1 atom stereocenters. The summed E-state index contributed by atoms with van der Waals surface area (Å²) in [5, 5.41) is 0.554. The molecule has 0 saturated carbocycles. The summed E-state index contributed by atoms with van der Waals surface area (Å²) in [6.45, 7) is 8.24. The van der Waals surface area contributed by atoms with Crippen molar-refractivity contribution < 1.29 is 4.79 Å². The fraction of sp³-hybridized carbons (Fsp3) is 0.500. The molecule has 2 aromatic rings. The van der Waals surface area contributed by atoms with E-state index in [0.29, 0.717) is 16.8 Å². The number of aryl methyl sites for hydroxylation is 1. The molecule has 2 rings (SSSR count). The molecule has 0 aliphatic heterocycles. The van der Waals surface area contributed by atoms with Gasteiger partial charge in [0.2, 0.25) is 5.91 Å². The number of benzene rings is 1. The molecule has 5 heteroatoms. The van der Waals surface area contributed by atoms with E-state index in [4.69, 9.17) is 0 Å². The van der Waals surface area contributed by atoms with Gasteiger partial charge in [-0.05, 0) is 37.8 Å². The minimum atomic E-state index is -0.169. The van der Waals surface area contributed by atoms with Gasteiger partial charge < -0.3 is 4.90 Å². The number of amides is 1. The Morgan fingerprint density at radius 1 is 1.30 bits per heavy atom. The van der Waals surface area contributed by atoms with E-state index in [1.165, 1.54) is 10.9 Å². The molecule has 0 bridgehead atoms. The predicted molar refractivity (Wildman–Crippen MR) is 92.4 cm³/mol. The summed E-state index contributed by atoms with van der Waals surface area (Å²) in [5.74, 6) is 0.447. The SMILES string of the molecule is Cc1cccc2c(=O)n(CC(=O)N(C)C(C)CC(C)C)cnc12. The number of aromatic nitrogens is 2. The van der Waals surface area contributed by atoms with Crippen molar-refractivity contribution in [2.45, 2.75) is 46.7 Å². The first-order valence-electron chi connectivity index (χ1n) is 8.01. The minimum absolute atomic E-state index is 0.0225. The molecule has 23 heavy (non-hydrogen) atoms. The van der Waals surface area contributed by atoms with Crippen LogP contribution in [-0.4, -0.2) is 33.4 Å². The van der Waals surface area contributed by atoms with Gasteiger partial charge in [-0.3, -0.25) is 14.2 Å². The Hall–Kier alpha value is -2.17. The molecule has 1 aromatic heterocycles. The normalized spacial score (nSPS) is 12.6. The van der Waals surface area contributed by atoms with Crippen molar-refractivity contribution >= 4 is 16.8 Å². The van der Waals surface area contributed by atoms with Crippen LogP contribution in [-0.2, 0) is 11.3 Å². The van der Waals surface area contributed by atoms with E-state index in [2.05, 4.69) is 18.8 Å². The van der Waals surface area contributed by atoms with Crippen LogP contribution in [0.15, 0.2) is 29.3 Å².